The van der Waals surface area contributed by atoms with Gasteiger partial charge in [-0.05, 0) is 94.7 Å². The van der Waals surface area contributed by atoms with Gasteiger partial charge in [-0.1, -0.05) is 121 Å². The summed E-state index contributed by atoms with van der Waals surface area (Å²) in [5, 5.41) is 6.83. The molecule has 3 aliphatic rings. The van der Waals surface area contributed by atoms with E-state index < -0.39 is 41.0 Å². The van der Waals surface area contributed by atoms with Gasteiger partial charge in [-0.25, -0.2) is 5.01 Å². The predicted molar refractivity (Wildman–Crippen MR) is 241 cm³/mol. The standard InChI is InChI=1S/C51H42N4O5S/c1-33(56)55-47(37-26-30-41(60-3)31-27-37)43-45(36-18-10-5-11-19-36)51(44(35-16-8-4-9-17-35)42(46(43)52-55)32-34-24-28-40(59-2)29-25-34)48(57)53(38-20-12-6-13-21-38)50(61)54(49(51)58)39-22-14-7-15-23-39/h4-32,43-45,47H,1-3H3/b42-32-. The van der Waals surface area contributed by atoms with Crippen LogP contribution < -0.4 is 19.3 Å². The minimum Gasteiger partial charge on any atom is -0.497 e. The molecule has 0 radical (unpaired) electrons. The number of nitrogens with zero attached hydrogens (tertiary/aromatic N) is 4. The van der Waals surface area contributed by atoms with Gasteiger partial charge in [-0.3, -0.25) is 24.2 Å². The third-order valence-electron chi connectivity index (χ3n) is 12.1. The largest absolute Gasteiger partial charge is 0.497 e. The minimum atomic E-state index is -1.93. The van der Waals surface area contributed by atoms with Crippen LogP contribution in [0.1, 0.15) is 47.1 Å². The number of hydrogen-bond acceptors (Lipinski definition) is 7. The van der Waals surface area contributed by atoms with Crippen LogP contribution in [0.25, 0.3) is 6.08 Å². The van der Waals surface area contributed by atoms with Crippen LogP contribution in [-0.4, -0.2) is 47.8 Å². The Morgan fingerprint density at radius 1 is 0.623 bits per heavy atom. The normalized spacial score (nSPS) is 21.4. The molecule has 0 N–H and O–H groups in total. The lowest BCUT2D eigenvalue weighted by Gasteiger charge is -2.57. The second-order valence-electron chi connectivity index (χ2n) is 15.3. The second kappa shape index (κ2) is 16.1. The van der Waals surface area contributed by atoms with Crippen molar-refractivity contribution in [3.05, 3.63) is 198 Å². The number of thiocarbonyl (C=S) groups is 1. The Kier molecular flexibility index (Phi) is 10.4. The third-order valence-corrected chi connectivity index (χ3v) is 12.4. The average molecular weight is 823 g/mol. The van der Waals surface area contributed by atoms with Crippen molar-refractivity contribution in [3.8, 4) is 11.5 Å². The molecule has 1 spiro atoms. The lowest BCUT2D eigenvalue weighted by molar-refractivity contribution is -0.145. The summed E-state index contributed by atoms with van der Waals surface area (Å²) in [7, 11) is 3.22. The number of ether oxygens (including phenoxy) is 2. The van der Waals surface area contributed by atoms with E-state index in [-0.39, 0.29) is 11.0 Å². The molecule has 61 heavy (non-hydrogen) atoms. The molecule has 9 rings (SSSR count). The molecule has 0 bridgehead atoms. The van der Waals surface area contributed by atoms with E-state index in [0.717, 1.165) is 22.3 Å². The van der Waals surface area contributed by atoms with Gasteiger partial charge in [0.05, 0.1) is 37.3 Å². The summed E-state index contributed by atoms with van der Waals surface area (Å²) in [6.07, 6.45) is 2.01. The Morgan fingerprint density at radius 2 is 1.08 bits per heavy atom. The molecule has 2 aliphatic heterocycles. The monoisotopic (exact) mass is 822 g/mol. The Bertz CT molecular complexity index is 2610. The molecule has 302 valence electrons. The molecular formula is C51H42N4O5S. The molecule has 6 aromatic carbocycles. The van der Waals surface area contributed by atoms with Crippen LogP contribution in [0.3, 0.4) is 0 Å². The van der Waals surface area contributed by atoms with E-state index in [1.54, 1.807) is 14.2 Å². The Hall–Kier alpha value is -7.17. The number of fused-ring (bicyclic) bond motifs is 1. The maximum absolute atomic E-state index is 16.7. The van der Waals surface area contributed by atoms with E-state index in [2.05, 4.69) is 0 Å². The highest BCUT2D eigenvalue weighted by molar-refractivity contribution is 7.81. The number of carbonyl (C=O) groups is 3. The zero-order valence-electron chi connectivity index (χ0n) is 33.8. The summed E-state index contributed by atoms with van der Waals surface area (Å²) in [6.45, 7) is 1.50. The molecular weight excluding hydrogens is 781 g/mol. The van der Waals surface area contributed by atoms with Gasteiger partial charge in [0.15, 0.2) is 5.11 Å². The molecule has 6 aromatic rings. The van der Waals surface area contributed by atoms with Gasteiger partial charge in [0.25, 0.3) is 11.8 Å². The first-order chi connectivity index (χ1) is 29.8. The maximum Gasteiger partial charge on any atom is 0.250 e. The average Bonchev–Trinajstić information content (AvgIpc) is 3.71. The van der Waals surface area contributed by atoms with Crippen molar-refractivity contribution >= 4 is 58.2 Å². The van der Waals surface area contributed by atoms with E-state index in [1.807, 2.05) is 176 Å². The van der Waals surface area contributed by atoms with Crippen LogP contribution in [0.2, 0.25) is 0 Å². The predicted octanol–water partition coefficient (Wildman–Crippen LogP) is 9.60. The van der Waals surface area contributed by atoms with Gasteiger partial charge in [-0.2, -0.15) is 5.10 Å². The number of rotatable bonds is 8. The van der Waals surface area contributed by atoms with E-state index in [0.29, 0.717) is 34.2 Å². The quantitative estimate of drug-likeness (QED) is 0.112. The van der Waals surface area contributed by atoms with Crippen LogP contribution in [0.15, 0.2) is 181 Å². The fourth-order valence-electron chi connectivity index (χ4n) is 9.52. The lowest BCUT2D eigenvalue weighted by Crippen LogP contribution is -2.71. The molecule has 1 aliphatic carbocycles. The van der Waals surface area contributed by atoms with E-state index in [4.69, 9.17) is 26.8 Å². The van der Waals surface area contributed by atoms with Gasteiger partial charge in [0.1, 0.15) is 16.9 Å². The SMILES string of the molecule is COc1ccc(/C=C2\C3=NN(C(C)=O)C(c4ccc(OC)cc4)C3C(c3ccccc3)C3(C(=O)N(c4ccccc4)C(=S)N(c4ccccc4)C3=O)C2c2ccccc2)cc1. The van der Waals surface area contributed by atoms with Crippen molar-refractivity contribution in [1.29, 1.82) is 0 Å². The molecule has 2 fully saturated rings. The number of para-hydroxylation sites is 2. The van der Waals surface area contributed by atoms with E-state index in [1.165, 1.54) is 21.7 Å². The number of carbonyl (C=O) groups excluding carboxylic acids is 3. The summed E-state index contributed by atoms with van der Waals surface area (Å²) in [5.41, 5.74) is 3.36. The number of hydrazone groups is 1. The fourth-order valence-corrected chi connectivity index (χ4v) is 9.90. The van der Waals surface area contributed by atoms with Crippen molar-refractivity contribution in [3.63, 3.8) is 0 Å². The minimum absolute atomic E-state index is 0.0419. The molecule has 4 atom stereocenters. The van der Waals surface area contributed by atoms with Crippen molar-refractivity contribution in [2.24, 2.45) is 16.4 Å². The number of anilines is 2. The first-order valence-corrected chi connectivity index (χ1v) is 20.5. The van der Waals surface area contributed by atoms with E-state index >= 15 is 9.59 Å². The number of methoxy groups -OCH3 is 2. The first-order valence-electron chi connectivity index (χ1n) is 20.1. The lowest BCUT2D eigenvalue weighted by atomic mass is 9.48. The highest BCUT2D eigenvalue weighted by Gasteiger charge is 2.72. The zero-order valence-corrected chi connectivity index (χ0v) is 34.6. The van der Waals surface area contributed by atoms with Crippen LogP contribution in [0, 0.1) is 11.3 Å². The number of amides is 3. The molecule has 2 heterocycles. The highest BCUT2D eigenvalue weighted by atomic mass is 32.1. The Balaban J connectivity index is 1.45. The fraction of sp³-hybridized carbons (Fsp3) is 0.157. The molecule has 10 heteroatoms. The molecule has 1 saturated carbocycles. The van der Waals surface area contributed by atoms with Crippen LogP contribution in [-0.2, 0) is 14.4 Å². The van der Waals surface area contributed by atoms with Crippen LogP contribution in [0.4, 0.5) is 11.4 Å². The van der Waals surface area contributed by atoms with Crippen molar-refractivity contribution in [2.45, 2.75) is 24.8 Å². The van der Waals surface area contributed by atoms with Gasteiger partial charge in [0.2, 0.25) is 5.91 Å². The van der Waals surface area contributed by atoms with Crippen molar-refractivity contribution in [1.82, 2.24) is 5.01 Å². The first kappa shape index (κ1) is 39.3. The van der Waals surface area contributed by atoms with Crippen LogP contribution in [0.5, 0.6) is 11.5 Å². The van der Waals surface area contributed by atoms with Crippen LogP contribution >= 0.6 is 12.2 Å². The summed E-state index contributed by atoms with van der Waals surface area (Å²) in [6, 6.07) is 52.3. The van der Waals surface area contributed by atoms with Gasteiger partial charge in [0, 0.05) is 24.7 Å². The number of benzene rings is 6. The topological polar surface area (TPSA) is 91.7 Å². The Labute approximate surface area is 360 Å². The number of hydrogen-bond donors (Lipinski definition) is 0. The molecule has 1 saturated heterocycles. The molecule has 0 aromatic heterocycles. The van der Waals surface area contributed by atoms with Gasteiger partial charge >= 0.3 is 0 Å². The molecule has 3 amide bonds. The highest BCUT2D eigenvalue weighted by Crippen LogP contribution is 2.66. The van der Waals surface area contributed by atoms with Gasteiger partial charge < -0.3 is 9.47 Å². The number of allylic oxidation sites excluding steroid dienone is 1. The van der Waals surface area contributed by atoms with Crippen molar-refractivity contribution in [2.75, 3.05) is 24.0 Å². The van der Waals surface area contributed by atoms with Crippen molar-refractivity contribution < 1.29 is 23.9 Å². The molecule has 4 unspecified atom stereocenters. The second-order valence-corrected chi connectivity index (χ2v) is 15.7. The third kappa shape index (κ3) is 6.51. The zero-order chi connectivity index (χ0) is 42.3. The van der Waals surface area contributed by atoms with Gasteiger partial charge in [-0.15, -0.1) is 0 Å². The summed E-state index contributed by atoms with van der Waals surface area (Å²) in [4.78, 5) is 50.5. The smallest absolute Gasteiger partial charge is 0.250 e. The maximum atomic E-state index is 16.7. The summed E-state index contributed by atoms with van der Waals surface area (Å²) < 4.78 is 11.1. The summed E-state index contributed by atoms with van der Waals surface area (Å²) in [5.74, 6) is -2.49. The Morgan fingerprint density at radius 3 is 1.56 bits per heavy atom. The van der Waals surface area contributed by atoms with E-state index in [9.17, 15) is 4.79 Å². The molecule has 9 nitrogen and oxygen atoms in total. The summed E-state index contributed by atoms with van der Waals surface area (Å²) >= 11 is 6.25.